The molecule has 0 bridgehead atoms. The van der Waals surface area contributed by atoms with Crippen molar-refractivity contribution in [1.82, 2.24) is 15.3 Å². The number of nitrogens with one attached hydrogen (secondary N) is 2. The lowest BCUT2D eigenvalue weighted by molar-refractivity contribution is 0.0933. The molecule has 6 heteroatoms. The summed E-state index contributed by atoms with van der Waals surface area (Å²) in [5.74, 6) is -0.00299. The molecule has 0 saturated heterocycles. The highest BCUT2D eigenvalue weighted by molar-refractivity contribution is 5.92. The largest absolute Gasteiger partial charge is 0.354 e. The van der Waals surface area contributed by atoms with E-state index in [4.69, 9.17) is 0 Å². The first-order chi connectivity index (χ1) is 11.7. The summed E-state index contributed by atoms with van der Waals surface area (Å²) in [7, 11) is 0. The van der Waals surface area contributed by atoms with E-state index in [9.17, 15) is 9.18 Å². The topological polar surface area (TPSA) is 66.9 Å². The standard InChI is InChI=1S/C18H21FN4O/c19-15-8-4-1-5-13(15)9-11-20-18-21-12-10-16(23-18)17(24)22-14-6-2-3-7-14/h1,4-5,8,10,12,14H,2-3,6-7,9,11H2,(H,22,24)(H,20,21,23). The molecule has 2 N–H and O–H groups in total. The normalized spacial score (nSPS) is 14.5. The van der Waals surface area contributed by atoms with Crippen LogP contribution in [0.15, 0.2) is 36.5 Å². The van der Waals surface area contributed by atoms with Crippen molar-refractivity contribution in [2.24, 2.45) is 0 Å². The van der Waals surface area contributed by atoms with Gasteiger partial charge in [-0.1, -0.05) is 31.0 Å². The van der Waals surface area contributed by atoms with Crippen molar-refractivity contribution in [3.05, 3.63) is 53.6 Å². The van der Waals surface area contributed by atoms with Gasteiger partial charge in [0.15, 0.2) is 0 Å². The molecule has 2 aromatic rings. The Balaban J connectivity index is 1.54. The highest BCUT2D eigenvalue weighted by atomic mass is 19.1. The van der Waals surface area contributed by atoms with E-state index in [1.165, 1.54) is 6.07 Å². The minimum atomic E-state index is -0.218. The first kappa shape index (κ1) is 16.4. The monoisotopic (exact) mass is 328 g/mol. The zero-order chi connectivity index (χ0) is 16.8. The van der Waals surface area contributed by atoms with Crippen LogP contribution in [0.1, 0.15) is 41.7 Å². The lowest BCUT2D eigenvalue weighted by Crippen LogP contribution is -2.33. The highest BCUT2D eigenvalue weighted by Gasteiger charge is 2.18. The summed E-state index contributed by atoms with van der Waals surface area (Å²) >= 11 is 0. The van der Waals surface area contributed by atoms with Crippen LogP contribution < -0.4 is 10.6 Å². The molecule has 0 atom stereocenters. The molecule has 0 unspecified atom stereocenters. The molecule has 1 aliphatic carbocycles. The van der Waals surface area contributed by atoms with Crippen LogP contribution in [0, 0.1) is 5.82 Å². The van der Waals surface area contributed by atoms with E-state index >= 15 is 0 Å². The van der Waals surface area contributed by atoms with Crippen LogP contribution in [0.25, 0.3) is 0 Å². The van der Waals surface area contributed by atoms with Crippen LogP contribution in [0.2, 0.25) is 0 Å². The highest BCUT2D eigenvalue weighted by Crippen LogP contribution is 2.18. The van der Waals surface area contributed by atoms with Crippen molar-refractivity contribution in [2.75, 3.05) is 11.9 Å². The van der Waals surface area contributed by atoms with E-state index in [0.29, 0.717) is 30.2 Å². The fourth-order valence-corrected chi connectivity index (χ4v) is 2.91. The van der Waals surface area contributed by atoms with Crippen LogP contribution >= 0.6 is 0 Å². The maximum Gasteiger partial charge on any atom is 0.270 e. The molecule has 0 aliphatic heterocycles. The molecule has 0 radical (unpaired) electrons. The first-order valence-corrected chi connectivity index (χ1v) is 8.33. The molecular weight excluding hydrogens is 307 g/mol. The second kappa shape index (κ2) is 7.86. The second-order valence-electron chi connectivity index (χ2n) is 5.99. The van der Waals surface area contributed by atoms with Crippen LogP contribution in [-0.2, 0) is 6.42 Å². The Labute approximate surface area is 140 Å². The molecule has 3 rings (SSSR count). The average molecular weight is 328 g/mol. The fraction of sp³-hybridized carbons (Fsp3) is 0.389. The minimum absolute atomic E-state index is 0.165. The van der Waals surface area contributed by atoms with Gasteiger partial charge in [0.05, 0.1) is 0 Å². The van der Waals surface area contributed by atoms with Gasteiger partial charge in [-0.3, -0.25) is 4.79 Å². The smallest absolute Gasteiger partial charge is 0.270 e. The molecule has 1 aliphatic rings. The van der Waals surface area contributed by atoms with Gasteiger partial charge in [-0.15, -0.1) is 0 Å². The summed E-state index contributed by atoms with van der Waals surface area (Å²) in [4.78, 5) is 20.6. The number of hydrogen-bond acceptors (Lipinski definition) is 4. The first-order valence-electron chi connectivity index (χ1n) is 8.33. The molecule has 1 saturated carbocycles. The lowest BCUT2D eigenvalue weighted by Gasteiger charge is -2.12. The van der Waals surface area contributed by atoms with Gasteiger partial charge in [-0.25, -0.2) is 14.4 Å². The third kappa shape index (κ3) is 4.28. The van der Waals surface area contributed by atoms with Crippen molar-refractivity contribution < 1.29 is 9.18 Å². The number of nitrogens with zero attached hydrogens (tertiary/aromatic N) is 2. The molecule has 1 fully saturated rings. The van der Waals surface area contributed by atoms with Gasteiger partial charge in [-0.05, 0) is 37.0 Å². The van der Waals surface area contributed by atoms with Crippen molar-refractivity contribution in [1.29, 1.82) is 0 Å². The molecule has 1 heterocycles. The molecule has 1 aromatic carbocycles. The quantitative estimate of drug-likeness (QED) is 0.855. The Kier molecular flexibility index (Phi) is 5.36. The van der Waals surface area contributed by atoms with Crippen LogP contribution in [-0.4, -0.2) is 28.5 Å². The third-order valence-corrected chi connectivity index (χ3v) is 4.21. The maximum atomic E-state index is 13.6. The Bertz CT molecular complexity index is 701. The zero-order valence-corrected chi connectivity index (χ0v) is 13.5. The van der Waals surface area contributed by atoms with E-state index in [2.05, 4.69) is 20.6 Å². The fourth-order valence-electron chi connectivity index (χ4n) is 2.91. The van der Waals surface area contributed by atoms with Crippen molar-refractivity contribution in [3.63, 3.8) is 0 Å². The van der Waals surface area contributed by atoms with Crippen molar-refractivity contribution in [3.8, 4) is 0 Å². The number of carbonyl (C=O) groups excluding carboxylic acids is 1. The van der Waals surface area contributed by atoms with Crippen molar-refractivity contribution >= 4 is 11.9 Å². The van der Waals surface area contributed by atoms with E-state index in [1.54, 1.807) is 24.4 Å². The van der Waals surface area contributed by atoms with Crippen LogP contribution in [0.4, 0.5) is 10.3 Å². The number of benzene rings is 1. The third-order valence-electron chi connectivity index (χ3n) is 4.21. The Morgan fingerprint density at radius 3 is 2.79 bits per heavy atom. The Hall–Kier alpha value is -2.50. The van der Waals surface area contributed by atoms with E-state index in [0.717, 1.165) is 25.7 Å². The number of halogens is 1. The molecular formula is C18H21FN4O. The predicted octanol–water partition coefficient (Wildman–Crippen LogP) is 2.94. The second-order valence-corrected chi connectivity index (χ2v) is 5.99. The summed E-state index contributed by atoms with van der Waals surface area (Å²) in [6.45, 7) is 0.495. The molecule has 1 aromatic heterocycles. The van der Waals surface area contributed by atoms with Gasteiger partial charge < -0.3 is 10.6 Å². The number of anilines is 1. The SMILES string of the molecule is O=C(NC1CCCC1)c1ccnc(NCCc2ccccc2F)n1. The van der Waals surface area contributed by atoms with E-state index < -0.39 is 0 Å². The molecule has 0 spiro atoms. The van der Waals surface area contributed by atoms with Gasteiger partial charge in [-0.2, -0.15) is 0 Å². The minimum Gasteiger partial charge on any atom is -0.354 e. The molecule has 24 heavy (non-hydrogen) atoms. The summed E-state index contributed by atoms with van der Waals surface area (Å²) < 4.78 is 13.6. The van der Waals surface area contributed by atoms with Gasteiger partial charge in [0.25, 0.3) is 5.91 Å². The average Bonchev–Trinajstić information content (AvgIpc) is 3.10. The summed E-state index contributed by atoms with van der Waals surface area (Å²) in [6.07, 6.45) is 6.47. The lowest BCUT2D eigenvalue weighted by atomic mass is 10.1. The van der Waals surface area contributed by atoms with Gasteiger partial charge in [0, 0.05) is 18.8 Å². The number of amides is 1. The number of rotatable bonds is 6. The molecule has 126 valence electrons. The van der Waals surface area contributed by atoms with Crippen LogP contribution in [0.5, 0.6) is 0 Å². The molecule has 5 nitrogen and oxygen atoms in total. The Morgan fingerprint density at radius 1 is 1.21 bits per heavy atom. The zero-order valence-electron chi connectivity index (χ0n) is 13.5. The predicted molar refractivity (Wildman–Crippen MR) is 90.3 cm³/mol. The maximum absolute atomic E-state index is 13.6. The number of hydrogen-bond donors (Lipinski definition) is 2. The summed E-state index contributed by atoms with van der Waals surface area (Å²) in [5.41, 5.74) is 0.991. The number of aromatic nitrogens is 2. The molecule has 1 amide bonds. The summed E-state index contributed by atoms with van der Waals surface area (Å²) in [6, 6.07) is 8.53. The van der Waals surface area contributed by atoms with E-state index in [-0.39, 0.29) is 17.8 Å². The van der Waals surface area contributed by atoms with Gasteiger partial charge in [0.2, 0.25) is 5.95 Å². The van der Waals surface area contributed by atoms with Crippen molar-refractivity contribution in [2.45, 2.75) is 38.1 Å². The van der Waals surface area contributed by atoms with Gasteiger partial charge >= 0.3 is 0 Å². The number of carbonyl (C=O) groups is 1. The van der Waals surface area contributed by atoms with Crippen LogP contribution in [0.3, 0.4) is 0 Å². The summed E-state index contributed by atoms with van der Waals surface area (Å²) in [5, 5.41) is 6.05. The van der Waals surface area contributed by atoms with Gasteiger partial charge in [0.1, 0.15) is 11.5 Å². The van der Waals surface area contributed by atoms with E-state index in [1.807, 2.05) is 6.07 Å². The Morgan fingerprint density at radius 2 is 2.00 bits per heavy atom.